The molecule has 0 unspecified atom stereocenters. The van der Waals surface area contributed by atoms with Gasteiger partial charge in [0.25, 0.3) is 0 Å². The molecule has 328 valence electrons. The number of ether oxygens (including phenoxy) is 1. The van der Waals surface area contributed by atoms with Crippen molar-refractivity contribution in [2.45, 2.75) is 187 Å². The van der Waals surface area contributed by atoms with Gasteiger partial charge in [-0.05, 0) is 82.5 Å². The second-order valence-electron chi connectivity index (χ2n) is 18.4. The summed E-state index contributed by atoms with van der Waals surface area (Å²) in [6, 6.07) is 18.9. The SMILES string of the molecule is CC(C)(C)c1cccc(C(C)(C)C)c1O.CCCCCCCCSc1nc(Oc2ccc(O)cc2)nc(SCCCCCCCC)n1.Cc1cccc(C(C)(C)C)c1O. The van der Waals surface area contributed by atoms with Crippen LogP contribution in [0.2, 0.25) is 0 Å². The van der Waals surface area contributed by atoms with Crippen LogP contribution in [0.1, 0.15) is 175 Å². The Hall–Kier alpha value is -3.43. The number of unbranched alkanes of at least 4 members (excludes halogenated alkanes) is 10. The van der Waals surface area contributed by atoms with E-state index in [9.17, 15) is 15.3 Å². The van der Waals surface area contributed by atoms with E-state index in [2.05, 4.69) is 91.1 Å². The third kappa shape index (κ3) is 20.1. The molecule has 0 spiro atoms. The molecule has 0 radical (unpaired) electrons. The first-order valence-electron chi connectivity index (χ1n) is 21.9. The Morgan fingerprint density at radius 2 is 0.881 bits per heavy atom. The van der Waals surface area contributed by atoms with Crippen molar-refractivity contribution in [2.24, 2.45) is 0 Å². The number of hydrogen-bond acceptors (Lipinski definition) is 9. The van der Waals surface area contributed by atoms with Crippen LogP contribution in [0.15, 0.2) is 71.0 Å². The molecule has 0 saturated heterocycles. The zero-order valence-corrected chi connectivity index (χ0v) is 40.2. The number of nitrogens with zero attached hydrogens (tertiary/aromatic N) is 3. The lowest BCUT2D eigenvalue weighted by atomic mass is 9.80. The normalized spacial score (nSPS) is 11.7. The second kappa shape index (κ2) is 26.0. The van der Waals surface area contributed by atoms with Crippen LogP contribution in [0.3, 0.4) is 0 Å². The molecule has 4 aromatic rings. The lowest BCUT2D eigenvalue weighted by Gasteiger charge is -2.26. The molecule has 3 aromatic carbocycles. The Bertz CT molecular complexity index is 1710. The highest BCUT2D eigenvalue weighted by atomic mass is 32.2. The number of aromatic hydroxyl groups is 3. The number of benzene rings is 3. The largest absolute Gasteiger partial charge is 0.508 e. The molecule has 7 nitrogen and oxygen atoms in total. The summed E-state index contributed by atoms with van der Waals surface area (Å²) in [6.07, 6.45) is 15.4. The topological polar surface area (TPSA) is 109 Å². The molecular formula is C50H77N3O4S2. The van der Waals surface area contributed by atoms with Crippen LogP contribution in [0.5, 0.6) is 29.0 Å². The minimum atomic E-state index is -0.00859. The van der Waals surface area contributed by atoms with Gasteiger partial charge in [0.1, 0.15) is 23.0 Å². The average Bonchev–Trinajstić information content (AvgIpc) is 3.15. The molecule has 1 aromatic heterocycles. The number of thioether (sulfide) groups is 2. The van der Waals surface area contributed by atoms with E-state index >= 15 is 0 Å². The second-order valence-corrected chi connectivity index (χ2v) is 20.6. The van der Waals surface area contributed by atoms with Gasteiger partial charge in [0.15, 0.2) is 10.3 Å². The first-order chi connectivity index (χ1) is 27.8. The van der Waals surface area contributed by atoms with Gasteiger partial charge in [0, 0.05) is 11.5 Å². The summed E-state index contributed by atoms with van der Waals surface area (Å²) >= 11 is 3.37. The van der Waals surface area contributed by atoms with Crippen LogP contribution < -0.4 is 4.74 Å². The van der Waals surface area contributed by atoms with Crippen molar-refractivity contribution in [1.82, 2.24) is 15.0 Å². The van der Waals surface area contributed by atoms with Crippen molar-refractivity contribution in [3.8, 4) is 29.0 Å². The van der Waals surface area contributed by atoms with Crippen molar-refractivity contribution in [2.75, 3.05) is 11.5 Å². The van der Waals surface area contributed by atoms with Crippen molar-refractivity contribution < 1.29 is 20.1 Å². The van der Waals surface area contributed by atoms with Gasteiger partial charge in [0.2, 0.25) is 0 Å². The molecule has 0 bridgehead atoms. The Balaban J connectivity index is 0.000000364. The Labute approximate surface area is 367 Å². The lowest BCUT2D eigenvalue weighted by Crippen LogP contribution is -2.16. The van der Waals surface area contributed by atoms with Crippen LogP contribution in [0.25, 0.3) is 0 Å². The highest BCUT2D eigenvalue weighted by molar-refractivity contribution is 7.99. The van der Waals surface area contributed by atoms with Gasteiger partial charge in [-0.25, -0.2) is 0 Å². The van der Waals surface area contributed by atoms with E-state index in [-0.39, 0.29) is 22.0 Å². The standard InChI is InChI=1S/C25H39N3O2S2.C14H22O.C11H16O/c1-3-5-7-9-11-13-19-31-24-26-23(30-22-17-15-21(29)16-18-22)27-25(28-24)32-20-14-12-10-8-6-4-2;1-13(2,3)10-8-7-9-11(12(10)15)14(4,5)6;1-8-6-5-7-9(10(8)12)11(2,3)4/h15-18,29H,3-14,19-20H2,1-2H3;7-9,15H,1-6H3;5-7,12H,1-4H3. The first kappa shape index (κ1) is 51.7. The lowest BCUT2D eigenvalue weighted by molar-refractivity contribution is 0.421. The van der Waals surface area contributed by atoms with Crippen LogP contribution >= 0.6 is 23.5 Å². The van der Waals surface area contributed by atoms with Gasteiger partial charge in [-0.2, -0.15) is 15.0 Å². The summed E-state index contributed by atoms with van der Waals surface area (Å²) in [7, 11) is 0. The van der Waals surface area contributed by atoms with Gasteiger partial charge < -0.3 is 20.1 Å². The molecular weight excluding hydrogens is 771 g/mol. The van der Waals surface area contributed by atoms with Gasteiger partial charge in [-0.3, -0.25) is 0 Å². The minimum Gasteiger partial charge on any atom is -0.508 e. The molecule has 0 fully saturated rings. The zero-order chi connectivity index (χ0) is 44.1. The van der Waals surface area contributed by atoms with Crippen LogP contribution in [0.4, 0.5) is 0 Å². The predicted octanol–water partition coefficient (Wildman–Crippen LogP) is 15.3. The molecule has 0 aliphatic rings. The molecule has 9 heteroatoms. The maximum absolute atomic E-state index is 10.3. The van der Waals surface area contributed by atoms with E-state index in [1.807, 2.05) is 43.3 Å². The van der Waals surface area contributed by atoms with Crippen LogP contribution in [-0.2, 0) is 16.2 Å². The van der Waals surface area contributed by atoms with Crippen molar-refractivity contribution >= 4 is 23.5 Å². The minimum absolute atomic E-state index is 0.00859. The summed E-state index contributed by atoms with van der Waals surface area (Å²) in [5.74, 6) is 3.72. The molecule has 0 amide bonds. The quantitative estimate of drug-likeness (QED) is 0.0666. The Morgan fingerprint density at radius 3 is 1.29 bits per heavy atom. The third-order valence-electron chi connectivity index (χ3n) is 9.78. The zero-order valence-electron chi connectivity index (χ0n) is 38.6. The van der Waals surface area contributed by atoms with Crippen LogP contribution in [-0.4, -0.2) is 41.8 Å². The van der Waals surface area contributed by atoms with Gasteiger partial charge in [-0.1, -0.05) is 200 Å². The summed E-state index contributed by atoms with van der Waals surface area (Å²) < 4.78 is 5.86. The third-order valence-corrected chi connectivity index (χ3v) is 11.6. The fourth-order valence-electron chi connectivity index (χ4n) is 6.22. The fraction of sp³-hybridized carbons (Fsp3) is 0.580. The van der Waals surface area contributed by atoms with Gasteiger partial charge in [-0.15, -0.1) is 0 Å². The van der Waals surface area contributed by atoms with E-state index in [4.69, 9.17) is 4.74 Å². The van der Waals surface area contributed by atoms with Crippen molar-refractivity contribution in [3.05, 3.63) is 82.9 Å². The number of phenolic OH excluding ortho intramolecular Hbond substituents is 3. The summed E-state index contributed by atoms with van der Waals surface area (Å²) in [4.78, 5) is 13.7. The molecule has 4 rings (SSSR count). The molecule has 1 heterocycles. The number of rotatable bonds is 18. The summed E-state index contributed by atoms with van der Waals surface area (Å²) in [5.41, 5.74) is 4.02. The molecule has 0 aliphatic carbocycles. The highest BCUT2D eigenvalue weighted by Gasteiger charge is 2.25. The number of aryl methyl sites for hydroxylation is 1. The predicted molar refractivity (Wildman–Crippen MR) is 253 cm³/mol. The van der Waals surface area contributed by atoms with Gasteiger partial charge >= 0.3 is 6.01 Å². The Morgan fingerprint density at radius 1 is 0.492 bits per heavy atom. The molecule has 0 atom stereocenters. The molecule has 0 aliphatic heterocycles. The van der Waals surface area contributed by atoms with Crippen molar-refractivity contribution in [3.63, 3.8) is 0 Å². The maximum atomic E-state index is 10.3. The summed E-state index contributed by atoms with van der Waals surface area (Å²) in [6.45, 7) is 25.4. The van der Waals surface area contributed by atoms with Crippen LogP contribution in [0, 0.1) is 6.92 Å². The average molecular weight is 848 g/mol. The fourth-order valence-corrected chi connectivity index (χ4v) is 7.93. The number of phenols is 3. The number of aromatic nitrogens is 3. The molecule has 0 saturated carbocycles. The van der Waals surface area contributed by atoms with E-state index in [1.54, 1.807) is 47.8 Å². The Kier molecular flexibility index (Phi) is 22.8. The molecule has 59 heavy (non-hydrogen) atoms. The van der Waals surface area contributed by atoms with E-state index in [0.717, 1.165) is 44.1 Å². The number of para-hydroxylation sites is 2. The highest BCUT2D eigenvalue weighted by Crippen LogP contribution is 2.38. The van der Waals surface area contributed by atoms with E-state index in [0.29, 0.717) is 23.3 Å². The number of hydrogen-bond donors (Lipinski definition) is 3. The van der Waals surface area contributed by atoms with E-state index in [1.165, 1.54) is 77.0 Å². The van der Waals surface area contributed by atoms with E-state index < -0.39 is 0 Å². The molecule has 3 N–H and O–H groups in total. The van der Waals surface area contributed by atoms with Crippen molar-refractivity contribution in [1.29, 1.82) is 0 Å². The smallest absolute Gasteiger partial charge is 0.327 e. The monoisotopic (exact) mass is 848 g/mol. The first-order valence-corrected chi connectivity index (χ1v) is 23.9. The maximum Gasteiger partial charge on any atom is 0.327 e. The summed E-state index contributed by atoms with van der Waals surface area (Å²) in [5, 5.41) is 30.9. The van der Waals surface area contributed by atoms with Gasteiger partial charge in [0.05, 0.1) is 0 Å².